The van der Waals surface area contributed by atoms with Crippen molar-refractivity contribution in [1.82, 2.24) is 10.9 Å². The first-order valence-electron chi connectivity index (χ1n) is 7.31. The molecule has 2 rings (SSSR count). The molecule has 0 saturated carbocycles. The Kier molecular flexibility index (Phi) is 7.19. The summed E-state index contributed by atoms with van der Waals surface area (Å²) in [6.07, 6.45) is 0. The number of carbonyl (C=O) groups excluding carboxylic acids is 2. The van der Waals surface area contributed by atoms with Gasteiger partial charge in [0, 0.05) is 15.6 Å². The van der Waals surface area contributed by atoms with Crippen molar-refractivity contribution in [2.45, 2.75) is 10.4 Å². The Bertz CT molecular complexity index is 786. The fourth-order valence-corrected chi connectivity index (χ4v) is 2.41. The summed E-state index contributed by atoms with van der Waals surface area (Å²) in [7, 11) is 0. The molecule has 0 fully saturated rings. The minimum Gasteiger partial charge on any atom is -0.484 e. The first kappa shape index (κ1) is 20.7. The number of ether oxygens (including phenoxy) is 1. The third-order valence-electron chi connectivity index (χ3n) is 2.84. The van der Waals surface area contributed by atoms with Gasteiger partial charge in [-0.2, -0.15) is 13.2 Å². The maximum Gasteiger partial charge on any atom is 0.446 e. The molecule has 27 heavy (non-hydrogen) atoms. The van der Waals surface area contributed by atoms with Gasteiger partial charge in [0.1, 0.15) is 5.75 Å². The van der Waals surface area contributed by atoms with Crippen molar-refractivity contribution in [2.24, 2.45) is 0 Å². The monoisotopic (exact) mass is 419 g/mol. The van der Waals surface area contributed by atoms with E-state index in [9.17, 15) is 22.8 Å². The molecule has 0 radical (unpaired) electrons. The van der Waals surface area contributed by atoms with Gasteiger partial charge in [-0.1, -0.05) is 11.6 Å². The molecule has 3 N–H and O–H groups in total. The molecule has 11 heteroatoms. The summed E-state index contributed by atoms with van der Waals surface area (Å²) in [5.41, 5.74) is 0.345. The maximum atomic E-state index is 12.2. The summed E-state index contributed by atoms with van der Waals surface area (Å²) in [6, 6.07) is 10.7. The van der Waals surface area contributed by atoms with Crippen LogP contribution in [0.3, 0.4) is 0 Å². The highest BCUT2D eigenvalue weighted by molar-refractivity contribution is 8.00. The molecule has 0 unspecified atom stereocenters. The topological polar surface area (TPSA) is 79.5 Å². The van der Waals surface area contributed by atoms with Gasteiger partial charge >= 0.3 is 11.5 Å². The van der Waals surface area contributed by atoms with Crippen molar-refractivity contribution in [2.75, 3.05) is 11.9 Å². The molecular formula is C16H13ClF3N3O3S. The second-order valence-corrected chi connectivity index (χ2v) is 6.52. The Labute approximate surface area is 161 Å². The minimum absolute atomic E-state index is 0.000149. The zero-order valence-corrected chi connectivity index (χ0v) is 15.0. The van der Waals surface area contributed by atoms with Crippen LogP contribution in [0.25, 0.3) is 0 Å². The van der Waals surface area contributed by atoms with Crippen molar-refractivity contribution < 1.29 is 27.5 Å². The summed E-state index contributed by atoms with van der Waals surface area (Å²) in [6.45, 7) is -0.438. The molecule has 144 valence electrons. The largest absolute Gasteiger partial charge is 0.484 e. The number of amides is 3. The minimum atomic E-state index is -4.37. The Hall–Kier alpha value is -2.59. The molecule has 0 atom stereocenters. The lowest BCUT2D eigenvalue weighted by Gasteiger charge is -2.10. The molecule has 0 bridgehead atoms. The SMILES string of the molecule is O=C(COc1ccc(SC(F)(F)F)cc1)NNC(=O)Nc1ccc(Cl)cc1. The molecule has 0 saturated heterocycles. The first-order valence-corrected chi connectivity index (χ1v) is 8.51. The number of rotatable bonds is 5. The van der Waals surface area contributed by atoms with E-state index in [1.807, 2.05) is 0 Å². The molecule has 3 amide bonds. The highest BCUT2D eigenvalue weighted by Gasteiger charge is 2.29. The lowest BCUT2D eigenvalue weighted by molar-refractivity contribution is -0.123. The lowest BCUT2D eigenvalue weighted by Crippen LogP contribution is -2.45. The van der Waals surface area contributed by atoms with E-state index in [-0.39, 0.29) is 22.4 Å². The van der Waals surface area contributed by atoms with E-state index in [0.717, 1.165) is 0 Å². The van der Waals surface area contributed by atoms with E-state index in [1.165, 1.54) is 24.3 Å². The lowest BCUT2D eigenvalue weighted by atomic mass is 10.3. The van der Waals surface area contributed by atoms with E-state index >= 15 is 0 Å². The number of urea groups is 1. The zero-order valence-electron chi connectivity index (χ0n) is 13.5. The van der Waals surface area contributed by atoms with Crippen LogP contribution in [0.4, 0.5) is 23.7 Å². The van der Waals surface area contributed by atoms with E-state index < -0.39 is 24.1 Å². The Balaban J connectivity index is 1.71. The quantitative estimate of drug-likeness (QED) is 0.501. The predicted octanol–water partition coefficient (Wildman–Crippen LogP) is 4.18. The zero-order chi connectivity index (χ0) is 19.9. The number of halogens is 4. The van der Waals surface area contributed by atoms with E-state index in [1.54, 1.807) is 24.3 Å². The summed E-state index contributed by atoms with van der Waals surface area (Å²) < 4.78 is 41.8. The van der Waals surface area contributed by atoms with E-state index in [2.05, 4.69) is 16.2 Å². The second kappa shape index (κ2) is 9.38. The van der Waals surface area contributed by atoms with Gasteiger partial charge in [-0.25, -0.2) is 10.2 Å². The molecule has 2 aromatic rings. The molecule has 0 aliphatic rings. The van der Waals surface area contributed by atoms with Gasteiger partial charge in [0.15, 0.2) is 6.61 Å². The average molecular weight is 420 g/mol. The summed E-state index contributed by atoms with van der Waals surface area (Å²) in [4.78, 5) is 23.2. The average Bonchev–Trinajstić information content (AvgIpc) is 2.60. The molecule has 0 aliphatic carbocycles. The molecule has 2 aromatic carbocycles. The molecule has 0 spiro atoms. The van der Waals surface area contributed by atoms with Gasteiger partial charge in [0.05, 0.1) is 0 Å². The van der Waals surface area contributed by atoms with Crippen LogP contribution in [0.1, 0.15) is 0 Å². The Morgan fingerprint density at radius 3 is 2.22 bits per heavy atom. The third kappa shape index (κ3) is 8.09. The Morgan fingerprint density at radius 2 is 1.63 bits per heavy atom. The number of hydrogen-bond acceptors (Lipinski definition) is 4. The summed E-state index contributed by atoms with van der Waals surface area (Å²) in [5.74, 6) is -0.447. The van der Waals surface area contributed by atoms with Crippen LogP contribution < -0.4 is 20.9 Å². The maximum absolute atomic E-state index is 12.2. The van der Waals surface area contributed by atoms with Crippen LogP contribution in [0, 0.1) is 0 Å². The number of benzene rings is 2. The highest BCUT2D eigenvalue weighted by Crippen LogP contribution is 2.37. The number of carbonyl (C=O) groups is 2. The normalized spacial score (nSPS) is 10.8. The van der Waals surface area contributed by atoms with Crippen LogP contribution in [-0.2, 0) is 4.79 Å². The molecular weight excluding hydrogens is 407 g/mol. The van der Waals surface area contributed by atoms with Crippen molar-refractivity contribution in [3.05, 3.63) is 53.6 Å². The molecule has 6 nitrogen and oxygen atoms in total. The number of nitrogens with one attached hydrogen (secondary N) is 3. The van der Waals surface area contributed by atoms with Crippen molar-refractivity contribution >= 4 is 41.0 Å². The highest BCUT2D eigenvalue weighted by atomic mass is 35.5. The van der Waals surface area contributed by atoms with Gasteiger partial charge in [0.2, 0.25) is 0 Å². The van der Waals surface area contributed by atoms with Crippen LogP contribution in [0.5, 0.6) is 5.75 Å². The first-order chi connectivity index (χ1) is 12.7. The standard InChI is InChI=1S/C16H13ClF3N3O3S/c17-10-1-3-11(4-2-10)21-15(25)23-22-14(24)9-26-12-5-7-13(8-6-12)27-16(18,19)20/h1-8H,9H2,(H,22,24)(H2,21,23,25). The fraction of sp³-hybridized carbons (Fsp3) is 0.125. The Morgan fingerprint density at radius 1 is 1.00 bits per heavy atom. The van der Waals surface area contributed by atoms with Crippen LogP contribution in [-0.4, -0.2) is 24.1 Å². The summed E-state index contributed by atoms with van der Waals surface area (Å²) in [5, 5.41) is 2.98. The molecule has 0 heterocycles. The smallest absolute Gasteiger partial charge is 0.446 e. The van der Waals surface area contributed by atoms with E-state index in [4.69, 9.17) is 16.3 Å². The van der Waals surface area contributed by atoms with Gasteiger partial charge in [0.25, 0.3) is 5.91 Å². The second-order valence-electron chi connectivity index (χ2n) is 4.94. The van der Waals surface area contributed by atoms with Gasteiger partial charge in [-0.3, -0.25) is 10.2 Å². The fourth-order valence-electron chi connectivity index (χ4n) is 1.74. The van der Waals surface area contributed by atoms with Gasteiger partial charge < -0.3 is 10.1 Å². The number of hydrogen-bond donors (Lipinski definition) is 3. The number of alkyl halides is 3. The van der Waals surface area contributed by atoms with Gasteiger partial charge in [-0.15, -0.1) is 0 Å². The van der Waals surface area contributed by atoms with Crippen LogP contribution in [0.2, 0.25) is 5.02 Å². The number of hydrazine groups is 1. The molecule has 0 aliphatic heterocycles. The number of anilines is 1. The molecule has 0 aromatic heterocycles. The predicted molar refractivity (Wildman–Crippen MR) is 95.6 cm³/mol. The van der Waals surface area contributed by atoms with Crippen LogP contribution >= 0.6 is 23.4 Å². The van der Waals surface area contributed by atoms with Crippen LogP contribution in [0.15, 0.2) is 53.4 Å². The number of thioether (sulfide) groups is 1. The van der Waals surface area contributed by atoms with Gasteiger partial charge in [-0.05, 0) is 60.3 Å². The van der Waals surface area contributed by atoms with E-state index in [0.29, 0.717) is 10.7 Å². The van der Waals surface area contributed by atoms with Crippen molar-refractivity contribution in [1.29, 1.82) is 0 Å². The van der Waals surface area contributed by atoms with Crippen molar-refractivity contribution in [3.8, 4) is 5.75 Å². The summed E-state index contributed by atoms with van der Waals surface area (Å²) >= 11 is 5.47. The van der Waals surface area contributed by atoms with Crippen molar-refractivity contribution in [3.63, 3.8) is 0 Å². The third-order valence-corrected chi connectivity index (χ3v) is 3.84.